The predicted octanol–water partition coefficient (Wildman–Crippen LogP) is 5.84. The molecule has 0 bridgehead atoms. The number of rotatable bonds is 9. The molecule has 3 N–H and O–H groups in total. The first-order chi connectivity index (χ1) is 6.35. The summed E-state index contributed by atoms with van der Waals surface area (Å²) in [6, 6.07) is 0. The van der Waals surface area contributed by atoms with E-state index >= 15 is 0 Å². The van der Waals surface area contributed by atoms with Gasteiger partial charge in [-0.1, -0.05) is 0 Å². The van der Waals surface area contributed by atoms with Crippen molar-refractivity contribution in [1.82, 2.24) is 6.15 Å². The first kappa shape index (κ1) is 21.1. The maximum Gasteiger partial charge on any atom is -0.147 e. The summed E-state index contributed by atoms with van der Waals surface area (Å²) in [5.74, 6) is 0. The fraction of sp³-hybridized carbons (Fsp3) is 1.00. The topological polar surface area (TPSA) is 35.0 Å². The van der Waals surface area contributed by atoms with Gasteiger partial charge >= 0.3 is 89.2 Å². The maximum absolute atomic E-state index is 2.32. The average molecular weight is 281 g/mol. The molecule has 0 heterocycles. The molecule has 3 heteroatoms. The first-order valence-electron chi connectivity index (χ1n) is 5.87. The van der Waals surface area contributed by atoms with Gasteiger partial charge in [-0.3, -0.25) is 0 Å². The minimum Gasteiger partial charge on any atom is -0.344 e. The molecule has 0 aliphatic rings. The third-order valence-corrected chi connectivity index (χ3v) is 5.70. The number of hydrogen-bond acceptors (Lipinski definition) is 1. The van der Waals surface area contributed by atoms with Gasteiger partial charge in [0.1, 0.15) is 0 Å². The van der Waals surface area contributed by atoms with Crippen LogP contribution in [0.2, 0.25) is 16.0 Å². The quantitative estimate of drug-likeness (QED) is 0.529. The minimum absolute atomic E-state index is 0. The molecule has 1 nitrogen and oxygen atoms in total. The van der Waals surface area contributed by atoms with Crippen molar-refractivity contribution in [2.75, 3.05) is 0 Å². The van der Waals surface area contributed by atoms with E-state index in [0.717, 1.165) is 0 Å². The van der Waals surface area contributed by atoms with Crippen molar-refractivity contribution < 1.29 is 13.9 Å². The largest absolute Gasteiger partial charge is 0.344 e. The fourth-order valence-corrected chi connectivity index (χ4v) is 4.83. The van der Waals surface area contributed by atoms with Gasteiger partial charge in [0.25, 0.3) is 0 Å². The molecule has 0 saturated carbocycles. The van der Waals surface area contributed by atoms with Crippen LogP contribution in [0.15, 0.2) is 0 Å². The molecule has 15 heavy (non-hydrogen) atoms. The molecule has 0 radical (unpaired) electrons. The fourth-order valence-electron chi connectivity index (χ4n) is 1.17. The molecular weight excluding hydrogens is 249 g/mol. The monoisotopic (exact) mass is 280 g/mol. The molecule has 0 aliphatic heterocycles. The van der Waals surface area contributed by atoms with Crippen LogP contribution < -0.4 is 6.15 Å². The Kier molecular flexibility index (Phi) is 24.2. The van der Waals surface area contributed by atoms with Gasteiger partial charge in [0.2, 0.25) is 0 Å². The number of halogens is 1. The second-order valence-corrected chi connectivity index (χ2v) is 6.93. The van der Waals surface area contributed by atoms with Gasteiger partial charge in [-0.05, 0) is 0 Å². The maximum atomic E-state index is 2.32. The Hall–Kier alpha value is 0.769. The molecule has 0 rings (SSSR count). The molecule has 0 fully saturated rings. The second-order valence-electron chi connectivity index (χ2n) is 3.62. The summed E-state index contributed by atoms with van der Waals surface area (Å²) in [5.41, 5.74) is 0. The normalized spacial score (nSPS) is 10.2. The van der Waals surface area contributed by atoms with Gasteiger partial charge in [0.05, 0.1) is 0 Å². The van der Waals surface area contributed by atoms with Crippen LogP contribution in [0, 0.1) is 0 Å². The van der Waals surface area contributed by atoms with E-state index in [2.05, 4.69) is 20.8 Å². The van der Waals surface area contributed by atoms with Crippen LogP contribution in [-0.2, 0) is 13.9 Å². The average Bonchev–Trinajstić information content (AvgIpc) is 2.17. The van der Waals surface area contributed by atoms with Crippen molar-refractivity contribution in [2.45, 2.75) is 75.3 Å². The van der Waals surface area contributed by atoms with Crippen molar-refractivity contribution in [1.29, 1.82) is 0 Å². The van der Waals surface area contributed by atoms with E-state index in [1.165, 1.54) is 38.5 Å². The van der Waals surface area contributed by atoms with Crippen LogP contribution in [0.1, 0.15) is 59.3 Å². The summed E-state index contributed by atoms with van der Waals surface area (Å²) in [7, 11) is 0. The molecule has 0 aromatic heterocycles. The van der Waals surface area contributed by atoms with Crippen molar-refractivity contribution >= 4 is 12.4 Å². The Balaban J connectivity index is -0.000000720. The first-order valence-corrected chi connectivity index (χ1v) is 8.21. The van der Waals surface area contributed by atoms with Gasteiger partial charge in [0.15, 0.2) is 0 Å². The molecule has 0 amide bonds. The summed E-state index contributed by atoms with van der Waals surface area (Å²) in [6.45, 7) is 6.95. The second kappa shape index (κ2) is 17.2. The number of unbranched alkanes of at least 4 members (excludes halogenated alkanes) is 3. The van der Waals surface area contributed by atoms with E-state index in [4.69, 9.17) is 0 Å². The molecular formula is C12H31ClFeN. The zero-order chi connectivity index (χ0) is 9.94. The van der Waals surface area contributed by atoms with Crippen molar-refractivity contribution in [3.8, 4) is 0 Å². The van der Waals surface area contributed by atoms with Crippen LogP contribution in [0.4, 0.5) is 0 Å². The molecule has 0 saturated heterocycles. The summed E-state index contributed by atoms with van der Waals surface area (Å²) in [4.78, 5) is 0. The van der Waals surface area contributed by atoms with Crippen LogP contribution >= 0.6 is 12.4 Å². The van der Waals surface area contributed by atoms with E-state index < -0.39 is 0 Å². The zero-order valence-corrected chi connectivity index (χ0v) is 12.8. The van der Waals surface area contributed by atoms with Gasteiger partial charge in [-0.15, -0.1) is 12.4 Å². The van der Waals surface area contributed by atoms with E-state index in [1.807, 2.05) is 0 Å². The van der Waals surface area contributed by atoms with Crippen LogP contribution in [0.3, 0.4) is 0 Å². The van der Waals surface area contributed by atoms with Gasteiger partial charge in [-0.2, -0.15) is 0 Å². The Morgan fingerprint density at radius 3 is 1.13 bits per heavy atom. The molecule has 0 spiro atoms. The van der Waals surface area contributed by atoms with Crippen molar-refractivity contribution in [2.24, 2.45) is 0 Å². The molecule has 0 atom stereocenters. The van der Waals surface area contributed by atoms with E-state index in [9.17, 15) is 0 Å². The smallest absolute Gasteiger partial charge is 0.147 e. The van der Waals surface area contributed by atoms with Crippen molar-refractivity contribution in [3.63, 3.8) is 0 Å². The zero-order valence-electron chi connectivity index (χ0n) is 10.8. The Labute approximate surface area is 108 Å². The van der Waals surface area contributed by atoms with Crippen molar-refractivity contribution in [3.05, 3.63) is 0 Å². The SMILES string of the molecule is CCC[CH2][Fe]([CH2]CCC)[CH2]CCC.Cl.N. The summed E-state index contributed by atoms with van der Waals surface area (Å²) in [5, 5.41) is 4.70. The molecule has 0 unspecified atom stereocenters. The standard InChI is InChI=1S/3C4H9.ClH.Fe.H3N/c3*1-3-4-2;;;/h3*1,3-4H2,2H3;1H;;1H3. The summed E-state index contributed by atoms with van der Waals surface area (Å²) >= 11 is 0.245. The van der Waals surface area contributed by atoms with Gasteiger partial charge in [-0.25, -0.2) is 0 Å². The van der Waals surface area contributed by atoms with Crippen LogP contribution in [0.5, 0.6) is 0 Å². The van der Waals surface area contributed by atoms with E-state index in [0.29, 0.717) is 0 Å². The molecule has 99 valence electrons. The van der Waals surface area contributed by atoms with E-state index in [1.54, 1.807) is 16.0 Å². The Morgan fingerprint density at radius 2 is 0.933 bits per heavy atom. The molecule has 0 aliphatic carbocycles. The van der Waals surface area contributed by atoms with Crippen LogP contribution in [0.25, 0.3) is 0 Å². The third-order valence-electron chi connectivity index (χ3n) is 2.19. The summed E-state index contributed by atoms with van der Waals surface area (Å²) in [6.07, 6.45) is 8.61. The third kappa shape index (κ3) is 14.8. The Morgan fingerprint density at radius 1 is 0.667 bits per heavy atom. The molecule has 0 aromatic rings. The Bertz CT molecular complexity index is 82.6. The van der Waals surface area contributed by atoms with Crippen LogP contribution in [-0.4, -0.2) is 0 Å². The summed E-state index contributed by atoms with van der Waals surface area (Å²) < 4.78 is 0. The number of hydrogen-bond donors (Lipinski definition) is 1. The van der Waals surface area contributed by atoms with E-state index in [-0.39, 0.29) is 32.5 Å². The van der Waals surface area contributed by atoms with Gasteiger partial charge < -0.3 is 6.15 Å². The van der Waals surface area contributed by atoms with Gasteiger partial charge in [0, 0.05) is 0 Å². The molecule has 0 aromatic carbocycles. The minimum atomic E-state index is 0. The predicted molar refractivity (Wildman–Crippen MR) is 71.4 cm³/mol.